The molecule has 3 nitrogen and oxygen atoms in total. The zero-order chi connectivity index (χ0) is 11.1. The minimum absolute atomic E-state index is 0.240. The molecular weight excluding hydrogens is 192 g/mol. The van der Waals surface area contributed by atoms with Crippen molar-refractivity contribution in [1.82, 2.24) is 0 Å². The Kier molecular flexibility index (Phi) is 4.41. The van der Waals surface area contributed by atoms with Crippen LogP contribution in [0.5, 0.6) is 5.75 Å². The second kappa shape index (κ2) is 5.86. The maximum atomic E-state index is 11.0. The van der Waals surface area contributed by atoms with E-state index in [4.69, 9.17) is 9.47 Å². The lowest BCUT2D eigenvalue weighted by Crippen LogP contribution is -2.02. The summed E-state index contributed by atoms with van der Waals surface area (Å²) in [4.78, 5) is 11.0. The number of esters is 1. The first-order valence-corrected chi connectivity index (χ1v) is 4.65. The molecule has 0 saturated carbocycles. The van der Waals surface area contributed by atoms with Gasteiger partial charge in [0.25, 0.3) is 0 Å². The highest BCUT2D eigenvalue weighted by Gasteiger charge is 2.01. The number of benzene rings is 1. The third-order valence-electron chi connectivity index (χ3n) is 1.84. The molecule has 0 fully saturated rings. The molecule has 0 atom stereocenters. The van der Waals surface area contributed by atoms with Gasteiger partial charge < -0.3 is 9.47 Å². The molecule has 1 aromatic carbocycles. The standard InChI is InChI=1S/C12H14O3/c1-3-5-12(13)15-9-10-6-4-7-11(8-10)14-2/h3-4,6-8H,1,5,9H2,2H3. The Bertz CT molecular complexity index is 344. The molecule has 15 heavy (non-hydrogen) atoms. The average molecular weight is 206 g/mol. The van der Waals surface area contributed by atoms with E-state index in [1.54, 1.807) is 7.11 Å². The molecule has 0 heterocycles. The number of carbonyl (C=O) groups excluding carboxylic acids is 1. The topological polar surface area (TPSA) is 35.5 Å². The van der Waals surface area contributed by atoms with Crippen molar-refractivity contribution in [2.24, 2.45) is 0 Å². The quantitative estimate of drug-likeness (QED) is 0.548. The third-order valence-corrected chi connectivity index (χ3v) is 1.84. The van der Waals surface area contributed by atoms with Crippen molar-refractivity contribution >= 4 is 5.97 Å². The highest BCUT2D eigenvalue weighted by Crippen LogP contribution is 2.13. The predicted molar refractivity (Wildman–Crippen MR) is 57.6 cm³/mol. The van der Waals surface area contributed by atoms with Crippen LogP contribution in [0.25, 0.3) is 0 Å². The van der Waals surface area contributed by atoms with Gasteiger partial charge in [0.1, 0.15) is 12.4 Å². The van der Waals surface area contributed by atoms with E-state index < -0.39 is 0 Å². The first kappa shape index (κ1) is 11.3. The number of methoxy groups -OCH3 is 1. The van der Waals surface area contributed by atoms with Crippen LogP contribution in [0.15, 0.2) is 36.9 Å². The zero-order valence-electron chi connectivity index (χ0n) is 8.73. The van der Waals surface area contributed by atoms with Crippen LogP contribution in [0.4, 0.5) is 0 Å². The lowest BCUT2D eigenvalue weighted by atomic mass is 10.2. The van der Waals surface area contributed by atoms with Gasteiger partial charge in [-0.05, 0) is 17.7 Å². The van der Waals surface area contributed by atoms with Crippen molar-refractivity contribution in [3.63, 3.8) is 0 Å². The van der Waals surface area contributed by atoms with E-state index >= 15 is 0 Å². The third kappa shape index (κ3) is 3.85. The second-order valence-corrected chi connectivity index (χ2v) is 3.01. The molecule has 0 aromatic heterocycles. The summed E-state index contributed by atoms with van der Waals surface area (Å²) in [6.07, 6.45) is 1.76. The molecule has 0 aliphatic rings. The van der Waals surface area contributed by atoms with Crippen molar-refractivity contribution in [2.75, 3.05) is 7.11 Å². The van der Waals surface area contributed by atoms with E-state index in [2.05, 4.69) is 6.58 Å². The van der Waals surface area contributed by atoms with Crippen LogP contribution in [0, 0.1) is 0 Å². The smallest absolute Gasteiger partial charge is 0.309 e. The molecule has 0 aliphatic carbocycles. The molecule has 3 heteroatoms. The van der Waals surface area contributed by atoms with Crippen molar-refractivity contribution in [3.05, 3.63) is 42.5 Å². The SMILES string of the molecule is C=CCC(=O)OCc1cccc(OC)c1. The van der Waals surface area contributed by atoms with Gasteiger partial charge in [-0.3, -0.25) is 4.79 Å². The Morgan fingerprint density at radius 1 is 1.53 bits per heavy atom. The van der Waals surface area contributed by atoms with Gasteiger partial charge in [0.05, 0.1) is 13.5 Å². The van der Waals surface area contributed by atoms with E-state index in [1.807, 2.05) is 24.3 Å². The Labute approximate surface area is 89.3 Å². The fourth-order valence-corrected chi connectivity index (χ4v) is 1.10. The summed E-state index contributed by atoms with van der Waals surface area (Å²) in [7, 11) is 1.60. The van der Waals surface area contributed by atoms with Crippen LogP contribution in [-0.4, -0.2) is 13.1 Å². The van der Waals surface area contributed by atoms with Gasteiger partial charge in [-0.25, -0.2) is 0 Å². The van der Waals surface area contributed by atoms with E-state index in [-0.39, 0.29) is 19.0 Å². The van der Waals surface area contributed by atoms with Gasteiger partial charge in [0.15, 0.2) is 0 Å². The van der Waals surface area contributed by atoms with Gasteiger partial charge in [-0.1, -0.05) is 18.2 Å². The van der Waals surface area contributed by atoms with Crippen LogP contribution in [0.3, 0.4) is 0 Å². The summed E-state index contributed by atoms with van der Waals surface area (Å²) in [5.74, 6) is 0.486. The first-order valence-electron chi connectivity index (χ1n) is 4.65. The lowest BCUT2D eigenvalue weighted by Gasteiger charge is -2.05. The van der Waals surface area contributed by atoms with Gasteiger partial charge >= 0.3 is 5.97 Å². The molecule has 0 saturated heterocycles. The highest BCUT2D eigenvalue weighted by atomic mass is 16.5. The van der Waals surface area contributed by atoms with Crippen molar-refractivity contribution in [3.8, 4) is 5.75 Å². The molecular formula is C12H14O3. The van der Waals surface area contributed by atoms with Crippen LogP contribution in [0.2, 0.25) is 0 Å². The molecule has 0 aliphatic heterocycles. The molecule has 80 valence electrons. The van der Waals surface area contributed by atoms with Crippen LogP contribution in [0.1, 0.15) is 12.0 Å². The number of ether oxygens (including phenoxy) is 2. The highest BCUT2D eigenvalue weighted by molar-refractivity contribution is 5.70. The fraction of sp³-hybridized carbons (Fsp3) is 0.250. The van der Waals surface area contributed by atoms with Gasteiger partial charge in [0, 0.05) is 0 Å². The number of hydrogen-bond acceptors (Lipinski definition) is 3. The summed E-state index contributed by atoms with van der Waals surface area (Å²) in [6.45, 7) is 3.73. The monoisotopic (exact) mass is 206 g/mol. The van der Waals surface area contributed by atoms with E-state index in [0.29, 0.717) is 0 Å². The molecule has 0 N–H and O–H groups in total. The Balaban J connectivity index is 2.49. The second-order valence-electron chi connectivity index (χ2n) is 3.01. The van der Waals surface area contributed by atoms with E-state index in [1.165, 1.54) is 6.08 Å². The van der Waals surface area contributed by atoms with Crippen LogP contribution >= 0.6 is 0 Å². The Hall–Kier alpha value is -1.77. The summed E-state index contributed by atoms with van der Waals surface area (Å²) in [5.41, 5.74) is 0.909. The number of rotatable bonds is 5. The summed E-state index contributed by atoms with van der Waals surface area (Å²) < 4.78 is 10.1. The number of hydrogen-bond donors (Lipinski definition) is 0. The van der Waals surface area contributed by atoms with Crippen molar-refractivity contribution in [2.45, 2.75) is 13.0 Å². The summed E-state index contributed by atoms with van der Waals surface area (Å²) >= 11 is 0. The molecule has 0 amide bonds. The predicted octanol–water partition coefficient (Wildman–Crippen LogP) is 2.31. The van der Waals surface area contributed by atoms with Crippen molar-refractivity contribution < 1.29 is 14.3 Å². The molecule has 0 bridgehead atoms. The molecule has 0 spiro atoms. The summed E-state index contributed by atoms with van der Waals surface area (Å²) in [6, 6.07) is 7.41. The van der Waals surface area contributed by atoms with E-state index in [0.717, 1.165) is 11.3 Å². The van der Waals surface area contributed by atoms with Crippen molar-refractivity contribution in [1.29, 1.82) is 0 Å². The first-order chi connectivity index (χ1) is 7.26. The summed E-state index contributed by atoms with van der Waals surface area (Å²) in [5, 5.41) is 0. The Morgan fingerprint density at radius 2 is 2.33 bits per heavy atom. The lowest BCUT2D eigenvalue weighted by molar-refractivity contribution is -0.143. The van der Waals surface area contributed by atoms with Crippen LogP contribution in [-0.2, 0) is 16.1 Å². The molecule has 0 unspecified atom stereocenters. The van der Waals surface area contributed by atoms with Gasteiger partial charge in [-0.15, -0.1) is 6.58 Å². The normalized spacial score (nSPS) is 9.40. The molecule has 1 aromatic rings. The van der Waals surface area contributed by atoms with Gasteiger partial charge in [0.2, 0.25) is 0 Å². The minimum Gasteiger partial charge on any atom is -0.497 e. The zero-order valence-corrected chi connectivity index (χ0v) is 8.73. The maximum absolute atomic E-state index is 11.0. The largest absolute Gasteiger partial charge is 0.497 e. The van der Waals surface area contributed by atoms with Gasteiger partial charge in [-0.2, -0.15) is 0 Å². The van der Waals surface area contributed by atoms with E-state index in [9.17, 15) is 4.79 Å². The van der Waals surface area contributed by atoms with Crippen LogP contribution < -0.4 is 4.74 Å². The molecule has 0 radical (unpaired) electrons. The molecule has 1 rings (SSSR count). The fourth-order valence-electron chi connectivity index (χ4n) is 1.10. The number of carbonyl (C=O) groups is 1. The minimum atomic E-state index is -0.271. The average Bonchev–Trinajstić information content (AvgIpc) is 2.27. The Morgan fingerprint density at radius 3 is 3.00 bits per heavy atom. The maximum Gasteiger partial charge on any atom is 0.309 e.